The van der Waals surface area contributed by atoms with Crippen LogP contribution in [0.5, 0.6) is 5.75 Å². The maximum Gasteiger partial charge on any atom is 0.255 e. The van der Waals surface area contributed by atoms with E-state index in [1.165, 1.54) is 12.1 Å². The highest BCUT2D eigenvalue weighted by Gasteiger charge is 2.14. The van der Waals surface area contributed by atoms with Gasteiger partial charge in [0, 0.05) is 17.8 Å². The molecule has 0 fully saturated rings. The summed E-state index contributed by atoms with van der Waals surface area (Å²) in [6.45, 7) is 2.96. The molecule has 0 saturated carbocycles. The van der Waals surface area contributed by atoms with Crippen molar-refractivity contribution in [1.82, 2.24) is 4.72 Å². The summed E-state index contributed by atoms with van der Waals surface area (Å²) in [6, 6.07) is 22.7. The number of rotatable bonds is 10. The number of benzene rings is 3. The van der Waals surface area contributed by atoms with Crippen molar-refractivity contribution in [1.29, 1.82) is 0 Å². The number of nitrogens with one attached hydrogen (secondary N) is 2. The van der Waals surface area contributed by atoms with Crippen LogP contribution in [0.3, 0.4) is 0 Å². The molecule has 3 aromatic carbocycles. The molecule has 0 bridgehead atoms. The molecule has 1 amide bonds. The summed E-state index contributed by atoms with van der Waals surface area (Å²) >= 11 is 0. The zero-order valence-electron chi connectivity index (χ0n) is 17.4. The fraction of sp³-hybridized carbons (Fsp3) is 0.208. The fourth-order valence-corrected chi connectivity index (χ4v) is 3.93. The Morgan fingerprint density at radius 2 is 1.58 bits per heavy atom. The molecular formula is C24H26N2O4S. The molecule has 162 valence electrons. The van der Waals surface area contributed by atoms with Gasteiger partial charge in [-0.2, -0.15) is 0 Å². The summed E-state index contributed by atoms with van der Waals surface area (Å²) in [4.78, 5) is 12.6. The van der Waals surface area contributed by atoms with Gasteiger partial charge in [0.05, 0.1) is 11.5 Å². The smallest absolute Gasteiger partial charge is 0.255 e. The van der Waals surface area contributed by atoms with Gasteiger partial charge in [-0.05, 0) is 66.9 Å². The van der Waals surface area contributed by atoms with Crippen LogP contribution in [0.4, 0.5) is 5.69 Å². The van der Waals surface area contributed by atoms with Crippen LogP contribution >= 0.6 is 0 Å². The van der Waals surface area contributed by atoms with Crippen molar-refractivity contribution in [2.24, 2.45) is 0 Å². The first-order valence-electron chi connectivity index (χ1n) is 10.2. The Morgan fingerprint density at radius 1 is 0.903 bits per heavy atom. The predicted octanol–water partition coefficient (Wildman–Crippen LogP) is 4.25. The number of amides is 1. The van der Waals surface area contributed by atoms with Crippen LogP contribution in [-0.4, -0.2) is 27.5 Å². The second kappa shape index (κ2) is 10.7. The Balaban J connectivity index is 1.55. The summed E-state index contributed by atoms with van der Waals surface area (Å²) in [7, 11) is -3.62. The quantitative estimate of drug-likeness (QED) is 0.496. The minimum absolute atomic E-state index is 0.149. The van der Waals surface area contributed by atoms with Gasteiger partial charge in [0.25, 0.3) is 5.91 Å². The molecule has 0 aromatic heterocycles. The van der Waals surface area contributed by atoms with E-state index < -0.39 is 10.0 Å². The first kappa shape index (κ1) is 22.5. The monoisotopic (exact) mass is 438 g/mol. The van der Waals surface area contributed by atoms with Gasteiger partial charge >= 0.3 is 0 Å². The summed E-state index contributed by atoms with van der Waals surface area (Å²) in [5.41, 5.74) is 2.07. The van der Waals surface area contributed by atoms with Gasteiger partial charge < -0.3 is 10.1 Å². The maximum atomic E-state index is 12.5. The van der Waals surface area contributed by atoms with Gasteiger partial charge in [-0.1, -0.05) is 37.3 Å². The van der Waals surface area contributed by atoms with Crippen molar-refractivity contribution >= 4 is 21.6 Å². The standard InChI is InChI=1S/C24H26N2O4S/c1-2-18-30-22-12-8-20(9-13-22)24(27)26-21-10-14-23(15-11-21)31(28,29)25-17-16-19-6-4-3-5-7-19/h3-15,25H,2,16-18H2,1H3,(H,26,27). The van der Waals surface area contributed by atoms with Crippen molar-refractivity contribution in [3.63, 3.8) is 0 Å². The molecule has 31 heavy (non-hydrogen) atoms. The van der Waals surface area contributed by atoms with Crippen LogP contribution in [0.15, 0.2) is 83.8 Å². The molecule has 0 aliphatic carbocycles. The lowest BCUT2D eigenvalue weighted by Crippen LogP contribution is -2.26. The number of ether oxygens (including phenoxy) is 1. The lowest BCUT2D eigenvalue weighted by atomic mass is 10.2. The Kier molecular flexibility index (Phi) is 7.81. The van der Waals surface area contributed by atoms with Gasteiger partial charge in [-0.15, -0.1) is 0 Å². The van der Waals surface area contributed by atoms with Crippen LogP contribution in [-0.2, 0) is 16.4 Å². The summed E-state index contributed by atoms with van der Waals surface area (Å²) in [6.07, 6.45) is 1.52. The van der Waals surface area contributed by atoms with E-state index in [4.69, 9.17) is 4.74 Å². The molecular weight excluding hydrogens is 412 g/mol. The normalized spacial score (nSPS) is 11.1. The highest BCUT2D eigenvalue weighted by molar-refractivity contribution is 7.89. The minimum Gasteiger partial charge on any atom is -0.494 e. The number of carbonyl (C=O) groups is 1. The molecule has 6 nitrogen and oxygen atoms in total. The molecule has 0 heterocycles. The Morgan fingerprint density at radius 3 is 2.23 bits per heavy atom. The van der Waals surface area contributed by atoms with Crippen LogP contribution in [0, 0.1) is 0 Å². The van der Waals surface area contributed by atoms with Crippen LogP contribution in [0.2, 0.25) is 0 Å². The van der Waals surface area contributed by atoms with E-state index in [1.807, 2.05) is 37.3 Å². The van der Waals surface area contributed by atoms with Crippen molar-refractivity contribution in [2.45, 2.75) is 24.7 Å². The van der Waals surface area contributed by atoms with Gasteiger partial charge in [0.1, 0.15) is 5.75 Å². The molecule has 0 unspecified atom stereocenters. The van der Waals surface area contributed by atoms with E-state index >= 15 is 0 Å². The molecule has 2 N–H and O–H groups in total. The lowest BCUT2D eigenvalue weighted by molar-refractivity contribution is 0.102. The molecule has 0 atom stereocenters. The van der Waals surface area contributed by atoms with Gasteiger partial charge in [0.15, 0.2) is 0 Å². The number of hydrogen-bond donors (Lipinski definition) is 2. The van der Waals surface area contributed by atoms with E-state index in [1.54, 1.807) is 36.4 Å². The molecule has 0 aliphatic rings. The van der Waals surface area contributed by atoms with E-state index in [9.17, 15) is 13.2 Å². The second-order valence-corrected chi connectivity index (χ2v) is 8.75. The third kappa shape index (κ3) is 6.67. The van der Waals surface area contributed by atoms with Gasteiger partial charge in [0.2, 0.25) is 10.0 Å². The van der Waals surface area contributed by atoms with E-state index in [2.05, 4.69) is 10.0 Å². The topological polar surface area (TPSA) is 84.5 Å². The first-order valence-corrected chi connectivity index (χ1v) is 11.6. The highest BCUT2D eigenvalue weighted by atomic mass is 32.2. The number of carbonyl (C=O) groups excluding carboxylic acids is 1. The van der Waals surface area contributed by atoms with Crippen LogP contribution in [0.25, 0.3) is 0 Å². The number of sulfonamides is 1. The van der Waals surface area contributed by atoms with Crippen LogP contribution in [0.1, 0.15) is 29.3 Å². The average Bonchev–Trinajstić information content (AvgIpc) is 2.79. The zero-order valence-corrected chi connectivity index (χ0v) is 18.2. The highest BCUT2D eigenvalue weighted by Crippen LogP contribution is 2.17. The SMILES string of the molecule is CCCOc1ccc(C(=O)Nc2ccc(S(=O)(=O)NCCc3ccccc3)cc2)cc1. The van der Waals surface area contributed by atoms with Crippen LogP contribution < -0.4 is 14.8 Å². The summed E-state index contributed by atoms with van der Waals surface area (Å²) < 4.78 is 33.1. The Bertz CT molecular complexity index is 1080. The van der Waals surface area contributed by atoms with Gasteiger partial charge in [-0.25, -0.2) is 13.1 Å². The third-order valence-electron chi connectivity index (χ3n) is 4.56. The largest absolute Gasteiger partial charge is 0.494 e. The third-order valence-corrected chi connectivity index (χ3v) is 6.04. The molecule has 0 radical (unpaired) electrons. The van der Waals surface area contributed by atoms with Crippen molar-refractivity contribution in [2.75, 3.05) is 18.5 Å². The van der Waals surface area contributed by atoms with Gasteiger partial charge in [-0.3, -0.25) is 4.79 Å². The molecule has 3 aromatic rings. The van der Waals surface area contributed by atoms with Crippen molar-refractivity contribution in [3.8, 4) is 5.75 Å². The minimum atomic E-state index is -3.62. The predicted molar refractivity (Wildman–Crippen MR) is 122 cm³/mol. The molecule has 0 aliphatic heterocycles. The lowest BCUT2D eigenvalue weighted by Gasteiger charge is -2.09. The second-order valence-electron chi connectivity index (χ2n) is 6.98. The summed E-state index contributed by atoms with van der Waals surface area (Å²) in [5, 5.41) is 2.77. The average molecular weight is 439 g/mol. The van der Waals surface area contributed by atoms with Crippen molar-refractivity contribution < 1.29 is 17.9 Å². The zero-order chi connectivity index (χ0) is 22.1. The molecule has 7 heteroatoms. The Labute approximate surface area is 183 Å². The fourth-order valence-electron chi connectivity index (χ4n) is 2.90. The number of hydrogen-bond acceptors (Lipinski definition) is 4. The van der Waals surface area contributed by atoms with Crippen molar-refractivity contribution in [3.05, 3.63) is 90.0 Å². The molecule has 0 spiro atoms. The van der Waals surface area contributed by atoms with E-state index in [0.717, 1.165) is 12.0 Å². The Hall–Kier alpha value is -3.16. The molecule has 0 saturated heterocycles. The number of anilines is 1. The van der Waals surface area contributed by atoms with E-state index in [0.29, 0.717) is 36.6 Å². The first-order chi connectivity index (χ1) is 15.0. The molecule has 3 rings (SSSR count). The maximum absolute atomic E-state index is 12.5. The summed E-state index contributed by atoms with van der Waals surface area (Å²) in [5.74, 6) is 0.436. The van der Waals surface area contributed by atoms with E-state index in [-0.39, 0.29) is 10.8 Å².